The van der Waals surface area contributed by atoms with Crippen LogP contribution < -0.4 is 0 Å². The van der Waals surface area contributed by atoms with Crippen LogP contribution >= 0.6 is 0 Å². The molecule has 2 aliphatic rings. The average Bonchev–Trinajstić information content (AvgIpc) is 2.51. The number of hydrogen-bond acceptors (Lipinski definition) is 1. The Bertz CT molecular complexity index is 285. The van der Waals surface area contributed by atoms with E-state index in [0.717, 1.165) is 18.4 Å². The third-order valence-corrected chi connectivity index (χ3v) is 3.32. The molecule has 0 saturated heterocycles. The predicted molar refractivity (Wildman–Crippen MR) is 53.4 cm³/mol. The molecule has 0 bridgehead atoms. The Labute approximate surface area is 79.5 Å². The van der Waals surface area contributed by atoms with Gasteiger partial charge >= 0.3 is 0 Å². The van der Waals surface area contributed by atoms with E-state index in [-0.39, 0.29) is 5.78 Å². The molecule has 1 spiro atoms. The van der Waals surface area contributed by atoms with E-state index in [4.69, 9.17) is 0 Å². The lowest BCUT2D eigenvalue weighted by atomic mass is 9.77. The molecule has 1 atom stereocenters. The van der Waals surface area contributed by atoms with Gasteiger partial charge in [0.15, 0.2) is 5.78 Å². The Balaban J connectivity index is 2.18. The average molecular weight is 176 g/mol. The van der Waals surface area contributed by atoms with Crippen LogP contribution in [0.5, 0.6) is 0 Å². The van der Waals surface area contributed by atoms with E-state index < -0.39 is 0 Å². The van der Waals surface area contributed by atoms with Gasteiger partial charge in [-0.1, -0.05) is 18.2 Å². The summed E-state index contributed by atoms with van der Waals surface area (Å²) in [6.07, 6.45) is 12.5. The van der Waals surface area contributed by atoms with Crippen LogP contribution in [0.2, 0.25) is 0 Å². The first kappa shape index (κ1) is 8.74. The summed E-state index contributed by atoms with van der Waals surface area (Å²) in [5.41, 5.74) is 1.42. The van der Waals surface area contributed by atoms with Crippen molar-refractivity contribution in [1.82, 2.24) is 0 Å². The van der Waals surface area contributed by atoms with Crippen molar-refractivity contribution in [1.29, 1.82) is 0 Å². The zero-order valence-corrected chi connectivity index (χ0v) is 8.18. The van der Waals surface area contributed by atoms with E-state index in [9.17, 15) is 4.79 Å². The molecule has 13 heavy (non-hydrogen) atoms. The van der Waals surface area contributed by atoms with Crippen molar-refractivity contribution in [3.05, 3.63) is 23.8 Å². The normalized spacial score (nSPS) is 32.2. The lowest BCUT2D eigenvalue weighted by Gasteiger charge is -2.28. The van der Waals surface area contributed by atoms with Crippen LogP contribution in [0, 0.1) is 5.41 Å². The van der Waals surface area contributed by atoms with Crippen LogP contribution in [-0.2, 0) is 4.79 Å². The van der Waals surface area contributed by atoms with Gasteiger partial charge in [-0.25, -0.2) is 0 Å². The van der Waals surface area contributed by atoms with Gasteiger partial charge in [-0.2, -0.15) is 0 Å². The Morgan fingerprint density at radius 2 is 2.23 bits per heavy atom. The van der Waals surface area contributed by atoms with E-state index in [2.05, 4.69) is 18.2 Å². The molecule has 0 N–H and O–H groups in total. The van der Waals surface area contributed by atoms with Gasteiger partial charge in [0.1, 0.15) is 0 Å². The van der Waals surface area contributed by atoms with Gasteiger partial charge in [-0.15, -0.1) is 0 Å². The fourth-order valence-electron chi connectivity index (χ4n) is 2.44. The lowest BCUT2D eigenvalue weighted by Crippen LogP contribution is -2.15. The maximum Gasteiger partial charge on any atom is 0.155 e. The second kappa shape index (κ2) is 3.13. The summed E-state index contributed by atoms with van der Waals surface area (Å²) in [7, 11) is 0. The molecule has 0 heterocycles. The number of rotatable bonds is 1. The number of ketones is 1. The highest BCUT2D eigenvalue weighted by Gasteiger charge is 2.33. The molecule has 0 saturated carbocycles. The summed E-state index contributed by atoms with van der Waals surface area (Å²) < 4.78 is 0. The Morgan fingerprint density at radius 1 is 1.38 bits per heavy atom. The third-order valence-electron chi connectivity index (χ3n) is 3.32. The monoisotopic (exact) mass is 176 g/mol. The summed E-state index contributed by atoms with van der Waals surface area (Å²) >= 11 is 0. The van der Waals surface area contributed by atoms with Crippen molar-refractivity contribution in [2.75, 3.05) is 0 Å². The molecule has 0 radical (unpaired) electrons. The zero-order chi connectivity index (χ0) is 9.31. The van der Waals surface area contributed by atoms with E-state index in [1.54, 1.807) is 6.92 Å². The highest BCUT2D eigenvalue weighted by atomic mass is 16.1. The highest BCUT2D eigenvalue weighted by Crippen LogP contribution is 2.45. The molecule has 0 amide bonds. The first-order valence-corrected chi connectivity index (χ1v) is 5.10. The molecule has 0 aliphatic heterocycles. The van der Waals surface area contributed by atoms with Crippen molar-refractivity contribution in [2.24, 2.45) is 5.41 Å². The lowest BCUT2D eigenvalue weighted by molar-refractivity contribution is -0.113. The zero-order valence-electron chi connectivity index (χ0n) is 8.18. The Hall–Kier alpha value is -0.850. The van der Waals surface area contributed by atoms with Crippen LogP contribution in [-0.4, -0.2) is 5.78 Å². The minimum Gasteiger partial charge on any atom is -0.295 e. The molecule has 0 unspecified atom stereocenters. The molecule has 0 aromatic heterocycles. The van der Waals surface area contributed by atoms with Gasteiger partial charge in [-0.05, 0) is 50.0 Å². The number of carbonyl (C=O) groups is 1. The first-order valence-electron chi connectivity index (χ1n) is 5.10. The predicted octanol–water partition coefficient (Wildman–Crippen LogP) is 3.02. The molecular weight excluding hydrogens is 160 g/mol. The van der Waals surface area contributed by atoms with Crippen LogP contribution in [0.1, 0.15) is 39.0 Å². The second-order valence-corrected chi connectivity index (χ2v) is 4.30. The van der Waals surface area contributed by atoms with Gasteiger partial charge < -0.3 is 0 Å². The molecule has 0 aromatic rings. The van der Waals surface area contributed by atoms with E-state index in [1.165, 1.54) is 19.3 Å². The smallest absolute Gasteiger partial charge is 0.155 e. The molecule has 2 rings (SSSR count). The van der Waals surface area contributed by atoms with E-state index in [1.807, 2.05) is 0 Å². The second-order valence-electron chi connectivity index (χ2n) is 4.30. The standard InChI is InChI=1S/C12H16O/c1-10(13)11-5-8-12(9-11)6-3-2-4-7-12/h2-3,9H,4-8H2,1H3/t12-/m1/s1. The van der Waals surface area contributed by atoms with Crippen LogP contribution in [0.15, 0.2) is 23.8 Å². The Morgan fingerprint density at radius 3 is 2.77 bits per heavy atom. The van der Waals surface area contributed by atoms with Gasteiger partial charge in [0.05, 0.1) is 0 Å². The van der Waals surface area contributed by atoms with Crippen LogP contribution in [0.25, 0.3) is 0 Å². The van der Waals surface area contributed by atoms with Crippen molar-refractivity contribution in [2.45, 2.75) is 39.0 Å². The Kier molecular flexibility index (Phi) is 2.10. The number of carbonyl (C=O) groups excluding carboxylic acids is 1. The first-order chi connectivity index (χ1) is 6.22. The fraction of sp³-hybridized carbons (Fsp3) is 0.583. The fourth-order valence-corrected chi connectivity index (χ4v) is 2.44. The van der Waals surface area contributed by atoms with Crippen molar-refractivity contribution in [3.63, 3.8) is 0 Å². The maximum absolute atomic E-state index is 11.2. The summed E-state index contributed by atoms with van der Waals surface area (Å²) in [4.78, 5) is 11.2. The summed E-state index contributed by atoms with van der Waals surface area (Å²) in [5.74, 6) is 0.270. The third kappa shape index (κ3) is 1.60. The van der Waals surface area contributed by atoms with Crippen molar-refractivity contribution >= 4 is 5.78 Å². The van der Waals surface area contributed by atoms with Gasteiger partial charge in [0, 0.05) is 0 Å². The van der Waals surface area contributed by atoms with E-state index >= 15 is 0 Å². The maximum atomic E-state index is 11.2. The van der Waals surface area contributed by atoms with Crippen molar-refractivity contribution < 1.29 is 4.79 Å². The van der Waals surface area contributed by atoms with E-state index in [0.29, 0.717) is 5.41 Å². The summed E-state index contributed by atoms with van der Waals surface area (Å²) in [6.45, 7) is 1.68. The van der Waals surface area contributed by atoms with Crippen LogP contribution in [0.4, 0.5) is 0 Å². The van der Waals surface area contributed by atoms with Gasteiger partial charge in [-0.3, -0.25) is 4.79 Å². The minimum atomic E-state index is 0.270. The summed E-state index contributed by atoms with van der Waals surface area (Å²) in [5, 5.41) is 0. The number of allylic oxidation sites excluding steroid dienone is 4. The molecule has 2 aliphatic carbocycles. The molecule has 0 fully saturated rings. The van der Waals surface area contributed by atoms with Gasteiger partial charge in [0.2, 0.25) is 0 Å². The van der Waals surface area contributed by atoms with Crippen LogP contribution in [0.3, 0.4) is 0 Å². The molecule has 1 nitrogen and oxygen atoms in total. The van der Waals surface area contributed by atoms with Gasteiger partial charge in [0.25, 0.3) is 0 Å². The molecular formula is C12H16O. The number of hydrogen-bond donors (Lipinski definition) is 0. The SMILES string of the molecule is CC(=O)C1=C[C@@]2(CC=CCC2)CC1. The molecule has 0 aromatic carbocycles. The molecule has 1 heteroatoms. The highest BCUT2D eigenvalue weighted by molar-refractivity contribution is 5.93. The number of Topliss-reactive ketones (excluding diaryl/α,β-unsaturated/α-hetero) is 1. The molecule has 70 valence electrons. The quantitative estimate of drug-likeness (QED) is 0.561. The minimum absolute atomic E-state index is 0.270. The topological polar surface area (TPSA) is 17.1 Å². The summed E-state index contributed by atoms with van der Waals surface area (Å²) in [6, 6.07) is 0. The largest absolute Gasteiger partial charge is 0.295 e. The van der Waals surface area contributed by atoms with Crippen molar-refractivity contribution in [3.8, 4) is 0 Å².